The first-order chi connectivity index (χ1) is 14.3. The van der Waals surface area contributed by atoms with Gasteiger partial charge in [-0.05, 0) is 61.6 Å². The fourth-order valence-corrected chi connectivity index (χ4v) is 5.13. The Hall–Kier alpha value is -2.77. The number of aryl methyl sites for hydroxylation is 2. The van der Waals surface area contributed by atoms with Crippen LogP contribution in [0.2, 0.25) is 0 Å². The molecule has 0 saturated heterocycles. The molecule has 7 heteroatoms. The molecule has 3 aromatic carbocycles. The number of rotatable bonds is 7. The van der Waals surface area contributed by atoms with Crippen molar-refractivity contribution in [1.82, 2.24) is 0 Å². The lowest BCUT2D eigenvalue weighted by Gasteiger charge is -2.26. The van der Waals surface area contributed by atoms with Crippen LogP contribution in [-0.2, 0) is 14.8 Å². The Bertz CT molecular complexity index is 1150. The van der Waals surface area contributed by atoms with Crippen molar-refractivity contribution in [2.45, 2.75) is 23.6 Å². The molecule has 0 aliphatic heterocycles. The predicted molar refractivity (Wildman–Crippen MR) is 124 cm³/mol. The molecule has 5 nitrogen and oxygen atoms in total. The van der Waals surface area contributed by atoms with Crippen LogP contribution in [0.15, 0.2) is 82.6 Å². The number of para-hydroxylation sites is 1. The molecule has 0 aliphatic carbocycles. The number of sulfonamides is 1. The van der Waals surface area contributed by atoms with Crippen molar-refractivity contribution in [3.05, 3.63) is 83.9 Å². The molecule has 3 rings (SSSR count). The van der Waals surface area contributed by atoms with Crippen LogP contribution in [0.5, 0.6) is 0 Å². The third-order valence-electron chi connectivity index (χ3n) is 4.63. The average molecular weight is 441 g/mol. The molecule has 0 atom stereocenters. The Labute approximate surface area is 182 Å². The van der Waals surface area contributed by atoms with E-state index >= 15 is 0 Å². The van der Waals surface area contributed by atoms with Crippen LogP contribution >= 0.6 is 11.8 Å². The molecule has 3 aromatic rings. The Kier molecular flexibility index (Phi) is 6.84. The van der Waals surface area contributed by atoms with Crippen LogP contribution in [0.4, 0.5) is 11.4 Å². The van der Waals surface area contributed by atoms with Crippen molar-refractivity contribution in [1.29, 1.82) is 0 Å². The zero-order valence-electron chi connectivity index (χ0n) is 17.1. The molecule has 1 amide bonds. The molecule has 0 aromatic heterocycles. The molecular formula is C23H24N2O3S2. The van der Waals surface area contributed by atoms with Gasteiger partial charge in [0.1, 0.15) is 6.54 Å². The minimum Gasteiger partial charge on any atom is -0.323 e. The minimum atomic E-state index is -3.93. The third-order valence-corrected chi connectivity index (χ3v) is 7.20. The second kappa shape index (κ2) is 9.36. The number of anilines is 2. The summed E-state index contributed by atoms with van der Waals surface area (Å²) in [5, 5.41) is 2.85. The quantitative estimate of drug-likeness (QED) is 0.533. The van der Waals surface area contributed by atoms with E-state index in [0.29, 0.717) is 11.4 Å². The van der Waals surface area contributed by atoms with Crippen molar-refractivity contribution in [2.75, 3.05) is 22.4 Å². The van der Waals surface area contributed by atoms with Crippen LogP contribution in [-0.4, -0.2) is 27.1 Å². The zero-order valence-corrected chi connectivity index (χ0v) is 18.8. The Morgan fingerprint density at radius 2 is 1.63 bits per heavy atom. The van der Waals surface area contributed by atoms with Gasteiger partial charge in [0.15, 0.2) is 0 Å². The number of carbonyl (C=O) groups excluding carboxylic acids is 1. The fraction of sp³-hybridized carbons (Fsp3) is 0.174. The molecule has 1 N–H and O–H groups in total. The van der Waals surface area contributed by atoms with E-state index in [4.69, 9.17) is 0 Å². The van der Waals surface area contributed by atoms with Gasteiger partial charge in [-0.1, -0.05) is 42.5 Å². The van der Waals surface area contributed by atoms with Gasteiger partial charge in [0.25, 0.3) is 10.0 Å². The fourth-order valence-electron chi connectivity index (χ4n) is 3.08. The van der Waals surface area contributed by atoms with E-state index < -0.39 is 15.9 Å². The first kappa shape index (κ1) is 21.9. The van der Waals surface area contributed by atoms with E-state index in [1.54, 1.807) is 30.3 Å². The lowest BCUT2D eigenvalue weighted by atomic mass is 10.1. The first-order valence-corrected chi connectivity index (χ1v) is 12.1. The summed E-state index contributed by atoms with van der Waals surface area (Å²) in [5.74, 6) is -0.406. The summed E-state index contributed by atoms with van der Waals surface area (Å²) in [6.45, 7) is 3.40. The smallest absolute Gasteiger partial charge is 0.264 e. The number of nitrogens with one attached hydrogen (secondary N) is 1. The maximum absolute atomic E-state index is 13.4. The summed E-state index contributed by atoms with van der Waals surface area (Å²) in [6.07, 6.45) is 1.92. The normalized spacial score (nSPS) is 11.2. The molecule has 0 saturated carbocycles. The summed E-state index contributed by atoms with van der Waals surface area (Å²) < 4.78 is 28.1. The van der Waals surface area contributed by atoms with Crippen molar-refractivity contribution in [2.24, 2.45) is 0 Å². The van der Waals surface area contributed by atoms with Gasteiger partial charge in [0, 0.05) is 4.90 Å². The number of hydrogen-bond acceptors (Lipinski definition) is 4. The molecule has 0 heterocycles. The summed E-state index contributed by atoms with van der Waals surface area (Å²) in [6, 6.07) is 21.2. The molecule has 0 radical (unpaired) electrons. The Morgan fingerprint density at radius 3 is 2.33 bits per heavy atom. The number of benzene rings is 3. The first-order valence-electron chi connectivity index (χ1n) is 9.41. The van der Waals surface area contributed by atoms with E-state index in [1.807, 2.05) is 50.4 Å². The summed E-state index contributed by atoms with van der Waals surface area (Å²) >= 11 is 1.51. The summed E-state index contributed by atoms with van der Waals surface area (Å²) in [5.41, 5.74) is 2.84. The second-order valence-corrected chi connectivity index (χ2v) is 9.57. The van der Waals surface area contributed by atoms with Crippen LogP contribution in [0.1, 0.15) is 11.1 Å². The zero-order chi connectivity index (χ0) is 21.7. The third kappa shape index (κ3) is 4.86. The molecular weight excluding hydrogens is 416 g/mol. The largest absolute Gasteiger partial charge is 0.323 e. The predicted octanol–water partition coefficient (Wildman–Crippen LogP) is 4.86. The minimum absolute atomic E-state index is 0.142. The lowest BCUT2D eigenvalue weighted by molar-refractivity contribution is -0.114. The van der Waals surface area contributed by atoms with Gasteiger partial charge in [0.2, 0.25) is 5.91 Å². The molecule has 0 bridgehead atoms. The van der Waals surface area contributed by atoms with Crippen LogP contribution < -0.4 is 9.62 Å². The van der Waals surface area contributed by atoms with E-state index in [9.17, 15) is 13.2 Å². The van der Waals surface area contributed by atoms with Crippen molar-refractivity contribution < 1.29 is 13.2 Å². The molecule has 156 valence electrons. The topological polar surface area (TPSA) is 66.5 Å². The SMILES string of the molecule is CSc1ccccc1NC(=O)CN(c1cc(C)ccc1C)S(=O)(=O)c1ccccc1. The van der Waals surface area contributed by atoms with E-state index in [-0.39, 0.29) is 11.4 Å². The Morgan fingerprint density at radius 1 is 0.967 bits per heavy atom. The van der Waals surface area contributed by atoms with E-state index in [0.717, 1.165) is 16.0 Å². The second-order valence-electron chi connectivity index (χ2n) is 6.86. The van der Waals surface area contributed by atoms with Crippen LogP contribution in [0.25, 0.3) is 0 Å². The highest BCUT2D eigenvalue weighted by molar-refractivity contribution is 7.98. The lowest BCUT2D eigenvalue weighted by Crippen LogP contribution is -2.38. The highest BCUT2D eigenvalue weighted by Crippen LogP contribution is 2.29. The van der Waals surface area contributed by atoms with Crippen LogP contribution in [0, 0.1) is 13.8 Å². The highest BCUT2D eigenvalue weighted by atomic mass is 32.2. The molecule has 30 heavy (non-hydrogen) atoms. The van der Waals surface area contributed by atoms with Gasteiger partial charge in [-0.3, -0.25) is 9.10 Å². The maximum atomic E-state index is 13.4. The van der Waals surface area contributed by atoms with Gasteiger partial charge in [-0.2, -0.15) is 0 Å². The van der Waals surface area contributed by atoms with Gasteiger partial charge in [-0.15, -0.1) is 11.8 Å². The number of nitrogens with zero attached hydrogens (tertiary/aromatic N) is 1. The average Bonchev–Trinajstić information content (AvgIpc) is 2.75. The number of amides is 1. The number of carbonyl (C=O) groups is 1. The van der Waals surface area contributed by atoms with Crippen molar-refractivity contribution in [3.8, 4) is 0 Å². The van der Waals surface area contributed by atoms with Gasteiger partial charge < -0.3 is 5.32 Å². The van der Waals surface area contributed by atoms with Gasteiger partial charge in [-0.25, -0.2) is 8.42 Å². The highest BCUT2D eigenvalue weighted by Gasteiger charge is 2.28. The van der Waals surface area contributed by atoms with Gasteiger partial charge in [0.05, 0.1) is 16.3 Å². The summed E-state index contributed by atoms with van der Waals surface area (Å²) in [4.78, 5) is 14.0. The maximum Gasteiger partial charge on any atom is 0.264 e. The van der Waals surface area contributed by atoms with Crippen molar-refractivity contribution >= 4 is 39.1 Å². The standard InChI is InChI=1S/C23H24N2O3S2/c1-17-13-14-18(2)21(15-17)25(30(27,28)19-9-5-4-6-10-19)16-23(26)24-20-11-7-8-12-22(20)29-3/h4-15H,16H2,1-3H3,(H,24,26). The number of hydrogen-bond donors (Lipinski definition) is 1. The molecule has 0 aliphatic rings. The summed E-state index contributed by atoms with van der Waals surface area (Å²) in [7, 11) is -3.93. The molecule has 0 spiro atoms. The van der Waals surface area contributed by atoms with E-state index in [2.05, 4.69) is 5.32 Å². The van der Waals surface area contributed by atoms with E-state index in [1.165, 1.54) is 28.2 Å². The Balaban J connectivity index is 2.00. The monoisotopic (exact) mass is 440 g/mol. The van der Waals surface area contributed by atoms with Gasteiger partial charge >= 0.3 is 0 Å². The van der Waals surface area contributed by atoms with Crippen LogP contribution in [0.3, 0.4) is 0 Å². The number of thioether (sulfide) groups is 1. The molecule has 0 fully saturated rings. The van der Waals surface area contributed by atoms with Crippen molar-refractivity contribution in [3.63, 3.8) is 0 Å². The molecule has 0 unspecified atom stereocenters.